The van der Waals surface area contributed by atoms with E-state index in [1.54, 1.807) is 26.8 Å². The fourth-order valence-electron chi connectivity index (χ4n) is 4.76. The normalized spacial score (nSPS) is 31.1. The number of carbonyl (C=O) groups excluding carboxylic acids is 2. The van der Waals surface area contributed by atoms with E-state index in [0.29, 0.717) is 18.0 Å². The Morgan fingerprint density at radius 3 is 2.72 bits per heavy atom. The van der Waals surface area contributed by atoms with E-state index in [2.05, 4.69) is 28.4 Å². The van der Waals surface area contributed by atoms with Crippen molar-refractivity contribution in [2.45, 2.75) is 102 Å². The lowest BCUT2D eigenvalue weighted by molar-refractivity contribution is -0.159. The van der Waals surface area contributed by atoms with Crippen LogP contribution in [0.2, 0.25) is 0 Å². The molecule has 11 nitrogen and oxygen atoms in total. The first-order valence-electron chi connectivity index (χ1n) is 12.6. The Bertz CT molecular complexity index is 972. The number of ether oxygens (including phenoxy) is 2. The number of aliphatic hydroxyl groups excluding tert-OH is 2. The molecule has 1 amide bonds. The number of nitrogens with zero attached hydrogens (tertiary/aromatic N) is 4. The number of fused-ring (bicyclic) bond motifs is 1. The van der Waals surface area contributed by atoms with Gasteiger partial charge in [-0.1, -0.05) is 52.5 Å². The minimum absolute atomic E-state index is 0.162. The number of aliphatic hydroxyl groups is 2. The highest BCUT2D eigenvalue weighted by molar-refractivity contribution is 6.10. The van der Waals surface area contributed by atoms with Gasteiger partial charge in [0.05, 0.1) is 11.6 Å². The molecule has 5 atom stereocenters. The van der Waals surface area contributed by atoms with Crippen molar-refractivity contribution in [1.82, 2.24) is 10.3 Å². The van der Waals surface area contributed by atoms with Crippen LogP contribution in [-0.2, 0) is 19.1 Å². The lowest BCUT2D eigenvalue weighted by Crippen LogP contribution is -2.64. The van der Waals surface area contributed by atoms with E-state index in [1.807, 2.05) is 0 Å². The summed E-state index contributed by atoms with van der Waals surface area (Å²) in [7, 11) is 0. The maximum Gasteiger partial charge on any atom is 0.308 e. The number of aliphatic imine (C=N–C) groups is 1. The highest BCUT2D eigenvalue weighted by Crippen LogP contribution is 2.49. The molecule has 3 aliphatic rings. The van der Waals surface area contributed by atoms with Gasteiger partial charge in [0.2, 0.25) is 11.5 Å². The third kappa shape index (κ3) is 5.16. The van der Waals surface area contributed by atoms with Crippen molar-refractivity contribution >= 4 is 24.1 Å². The Morgan fingerprint density at radius 2 is 2.06 bits per heavy atom. The van der Waals surface area contributed by atoms with Crippen LogP contribution >= 0.6 is 0 Å². The number of esters is 1. The number of rotatable bonds is 10. The lowest BCUT2D eigenvalue weighted by Gasteiger charge is -2.45. The maximum atomic E-state index is 12.5. The quantitative estimate of drug-likeness (QED) is 0.301. The molecule has 0 saturated carbocycles. The fraction of sp³-hybridized carbons (Fsp3) is 0.720. The molecule has 0 spiro atoms. The van der Waals surface area contributed by atoms with Crippen molar-refractivity contribution in [2.75, 3.05) is 6.61 Å². The van der Waals surface area contributed by atoms with Gasteiger partial charge in [-0.2, -0.15) is 10.4 Å². The molecule has 36 heavy (non-hydrogen) atoms. The fourth-order valence-corrected chi connectivity index (χ4v) is 4.76. The molecule has 3 rings (SSSR count). The smallest absolute Gasteiger partial charge is 0.308 e. The molecule has 0 radical (unpaired) electrons. The summed E-state index contributed by atoms with van der Waals surface area (Å²) in [5, 5.41) is 40.5. The summed E-state index contributed by atoms with van der Waals surface area (Å²) in [5.74, 6) is -0.714. The molecule has 0 aromatic heterocycles. The highest BCUT2D eigenvalue weighted by Gasteiger charge is 2.68. The number of carbonyl (C=O) groups is 2. The van der Waals surface area contributed by atoms with Crippen LogP contribution in [0.1, 0.15) is 72.6 Å². The van der Waals surface area contributed by atoms with Crippen molar-refractivity contribution in [3.8, 4) is 6.07 Å². The SMILES string of the molecule is CCCCCCCC(=O)NC1=NC=NN2C1=CCC2(C)[C@]1(C#N)O[C@H](COC(=O)C(C)C)[C@@H](O)[C@H]1O. The topological polar surface area (TPSA) is 157 Å². The van der Waals surface area contributed by atoms with Crippen LogP contribution < -0.4 is 5.32 Å². The molecular formula is C25H37N5O6. The summed E-state index contributed by atoms with van der Waals surface area (Å²) in [5.41, 5.74) is -2.66. The van der Waals surface area contributed by atoms with Crippen LogP contribution in [-0.4, -0.2) is 75.3 Å². The van der Waals surface area contributed by atoms with Crippen LogP contribution in [0.15, 0.2) is 21.9 Å². The molecular weight excluding hydrogens is 466 g/mol. The summed E-state index contributed by atoms with van der Waals surface area (Å²) < 4.78 is 11.2. The van der Waals surface area contributed by atoms with Crippen molar-refractivity contribution < 1.29 is 29.3 Å². The van der Waals surface area contributed by atoms with Gasteiger partial charge in [0, 0.05) is 6.42 Å². The number of unbranched alkanes of at least 4 members (excludes halogenated alkanes) is 4. The number of nitrogens with one attached hydrogen (secondary N) is 1. The number of nitriles is 1. The Labute approximate surface area is 211 Å². The first kappa shape index (κ1) is 27.8. The van der Waals surface area contributed by atoms with Gasteiger partial charge in [0.1, 0.15) is 42.9 Å². The molecule has 0 aliphatic carbocycles. The molecule has 198 valence electrons. The molecule has 3 N–H and O–H groups in total. The first-order valence-corrected chi connectivity index (χ1v) is 12.6. The van der Waals surface area contributed by atoms with E-state index in [0.717, 1.165) is 32.1 Å². The van der Waals surface area contributed by atoms with Crippen molar-refractivity contribution in [1.29, 1.82) is 5.26 Å². The second-order valence-corrected chi connectivity index (χ2v) is 10.0. The van der Waals surface area contributed by atoms with E-state index in [4.69, 9.17) is 9.47 Å². The standard InChI is InChI=1S/C25H37N5O6/c1-5-6-7-8-9-10-19(31)29-22-17-11-12-24(4,30(17)28-15-27-22)25(14-26)21(33)20(32)18(36-25)13-35-23(34)16(2)3/h11,15-16,18,20-21,32-33H,5-10,12-13H2,1-4H3,(H,27,28,29,31)/t18-,20-,21-,24?,25-/m1/s1. The molecule has 1 saturated heterocycles. The van der Waals surface area contributed by atoms with Gasteiger partial charge in [0.15, 0.2) is 5.84 Å². The predicted molar refractivity (Wildman–Crippen MR) is 131 cm³/mol. The number of amides is 1. The molecule has 3 aliphatic heterocycles. The zero-order chi connectivity index (χ0) is 26.5. The molecule has 0 bridgehead atoms. The third-order valence-corrected chi connectivity index (χ3v) is 7.04. The van der Waals surface area contributed by atoms with Crippen LogP contribution in [0, 0.1) is 17.2 Å². The van der Waals surface area contributed by atoms with E-state index in [-0.39, 0.29) is 24.9 Å². The molecule has 0 aromatic carbocycles. The number of hydrogen-bond donors (Lipinski definition) is 3. The molecule has 3 heterocycles. The van der Waals surface area contributed by atoms with E-state index < -0.39 is 35.4 Å². The maximum absolute atomic E-state index is 12.5. The van der Waals surface area contributed by atoms with Gasteiger partial charge in [-0.05, 0) is 19.8 Å². The monoisotopic (exact) mass is 503 g/mol. The number of hydrogen-bond acceptors (Lipinski definition) is 10. The van der Waals surface area contributed by atoms with Gasteiger partial charge in [-0.25, -0.2) is 4.99 Å². The summed E-state index contributed by atoms with van der Waals surface area (Å²) in [6.45, 7) is 6.87. The Morgan fingerprint density at radius 1 is 1.33 bits per heavy atom. The van der Waals surface area contributed by atoms with Crippen molar-refractivity contribution in [2.24, 2.45) is 16.0 Å². The Kier molecular flexibility index (Phi) is 8.87. The summed E-state index contributed by atoms with van der Waals surface area (Å²) in [6, 6.07) is 2.06. The van der Waals surface area contributed by atoms with Crippen LogP contribution in [0.4, 0.5) is 0 Å². The summed E-state index contributed by atoms with van der Waals surface area (Å²) in [4.78, 5) is 28.6. The van der Waals surface area contributed by atoms with Gasteiger partial charge in [-0.15, -0.1) is 0 Å². The van der Waals surface area contributed by atoms with E-state index >= 15 is 0 Å². The predicted octanol–water partition coefficient (Wildman–Crippen LogP) is 1.75. The highest BCUT2D eigenvalue weighted by atomic mass is 16.6. The van der Waals surface area contributed by atoms with Gasteiger partial charge >= 0.3 is 5.97 Å². The van der Waals surface area contributed by atoms with Gasteiger partial charge in [0.25, 0.3) is 0 Å². The number of amidine groups is 1. The minimum atomic E-state index is -1.90. The van der Waals surface area contributed by atoms with Crippen molar-refractivity contribution in [3.05, 3.63) is 11.8 Å². The van der Waals surface area contributed by atoms with Crippen molar-refractivity contribution in [3.63, 3.8) is 0 Å². The average Bonchev–Trinajstić information content (AvgIpc) is 3.34. The van der Waals surface area contributed by atoms with Crippen LogP contribution in [0.25, 0.3) is 0 Å². The zero-order valence-electron chi connectivity index (χ0n) is 21.4. The Hall–Kier alpha value is -2.81. The lowest BCUT2D eigenvalue weighted by atomic mass is 9.76. The third-order valence-electron chi connectivity index (χ3n) is 7.04. The summed E-state index contributed by atoms with van der Waals surface area (Å²) in [6.07, 6.45) is 4.62. The second kappa shape index (κ2) is 11.5. The largest absolute Gasteiger partial charge is 0.463 e. The molecule has 1 fully saturated rings. The van der Waals surface area contributed by atoms with E-state index in [9.17, 15) is 25.1 Å². The van der Waals surface area contributed by atoms with E-state index in [1.165, 1.54) is 11.3 Å². The second-order valence-electron chi connectivity index (χ2n) is 10.0. The average molecular weight is 504 g/mol. The summed E-state index contributed by atoms with van der Waals surface area (Å²) >= 11 is 0. The first-order chi connectivity index (χ1) is 17.1. The molecule has 0 aromatic rings. The van der Waals surface area contributed by atoms with Crippen LogP contribution in [0.3, 0.4) is 0 Å². The molecule has 1 unspecified atom stereocenters. The number of hydrazone groups is 1. The minimum Gasteiger partial charge on any atom is -0.463 e. The van der Waals surface area contributed by atoms with Crippen LogP contribution in [0.5, 0.6) is 0 Å². The Balaban J connectivity index is 1.71. The van der Waals surface area contributed by atoms with Gasteiger partial charge < -0.3 is 25.0 Å². The molecule has 11 heteroatoms. The zero-order valence-corrected chi connectivity index (χ0v) is 21.4. The van der Waals surface area contributed by atoms with Gasteiger partial charge in [-0.3, -0.25) is 14.6 Å².